The molecule has 0 nitrogen and oxygen atoms in total. The molecule has 0 atom stereocenters. The molecule has 0 aliphatic heterocycles. The molecule has 168 valence electrons. The fraction of sp³-hybridized carbons (Fsp3) is 0.786. The maximum absolute atomic E-state index is 4.78. The summed E-state index contributed by atoms with van der Waals surface area (Å²) in [6.45, 7) is 4.59. The summed E-state index contributed by atoms with van der Waals surface area (Å²) in [5, 5.41) is 0. The van der Waals surface area contributed by atoms with Crippen molar-refractivity contribution in [2.24, 2.45) is 0 Å². The predicted octanol–water partition coefficient (Wildman–Crippen LogP) is 10.1. The predicted molar refractivity (Wildman–Crippen MR) is 136 cm³/mol. The van der Waals surface area contributed by atoms with Gasteiger partial charge in [0.05, 0.1) is 0 Å². The summed E-state index contributed by atoms with van der Waals surface area (Å²) in [7, 11) is 0. The van der Waals surface area contributed by atoms with E-state index in [9.17, 15) is 0 Å². The molecule has 0 amide bonds. The Bertz CT molecular complexity index is 479. The Morgan fingerprint density at radius 1 is 0.517 bits per heavy atom. The van der Waals surface area contributed by atoms with Crippen LogP contribution < -0.4 is 0 Å². The zero-order valence-corrected chi connectivity index (χ0v) is 20.7. The molecule has 0 radical (unpaired) electrons. The van der Waals surface area contributed by atoms with Gasteiger partial charge in [-0.05, 0) is 42.9 Å². The Morgan fingerprint density at radius 3 is 1.41 bits per heavy atom. The van der Waals surface area contributed by atoms with E-state index in [2.05, 4.69) is 32.0 Å². The second-order valence-electron chi connectivity index (χ2n) is 9.07. The van der Waals surface area contributed by atoms with Gasteiger partial charge in [0.1, 0.15) is 0 Å². The lowest BCUT2D eigenvalue weighted by Gasteiger charge is -2.12. The molecule has 0 saturated carbocycles. The fourth-order valence-electron chi connectivity index (χ4n) is 4.38. The quantitative estimate of drug-likeness (QED) is 0.158. The maximum atomic E-state index is 4.78. The molecule has 0 aliphatic rings. The molecule has 0 fully saturated rings. The number of unbranched alkanes of at least 4 members (excludes halogenated alkanes) is 16. The van der Waals surface area contributed by atoms with Crippen molar-refractivity contribution < 1.29 is 0 Å². The number of aryl methyl sites for hydroxylation is 1. The first-order valence-corrected chi connectivity index (χ1v) is 13.5. The van der Waals surface area contributed by atoms with Crippen LogP contribution in [0.15, 0.2) is 23.1 Å². The van der Waals surface area contributed by atoms with E-state index < -0.39 is 0 Å². The largest absolute Gasteiger partial charge is 0.143 e. The summed E-state index contributed by atoms with van der Waals surface area (Å²) in [6, 6.07) is 6.74. The molecule has 0 saturated heterocycles. The highest BCUT2D eigenvalue weighted by Gasteiger charge is 2.06. The van der Waals surface area contributed by atoms with Gasteiger partial charge in [0.15, 0.2) is 0 Å². The van der Waals surface area contributed by atoms with Gasteiger partial charge in [0, 0.05) is 4.90 Å². The molecular formula is C28H50S. The van der Waals surface area contributed by atoms with Crippen LogP contribution in [0.3, 0.4) is 0 Å². The van der Waals surface area contributed by atoms with Gasteiger partial charge < -0.3 is 0 Å². The summed E-state index contributed by atoms with van der Waals surface area (Å²) in [5.41, 5.74) is 3.11. The van der Waals surface area contributed by atoms with E-state index in [-0.39, 0.29) is 0 Å². The van der Waals surface area contributed by atoms with Crippen molar-refractivity contribution in [3.63, 3.8) is 0 Å². The van der Waals surface area contributed by atoms with E-state index in [1.165, 1.54) is 133 Å². The highest BCUT2D eigenvalue weighted by atomic mass is 32.1. The average Bonchev–Trinajstić information content (AvgIpc) is 2.72. The highest BCUT2D eigenvalue weighted by Crippen LogP contribution is 2.23. The molecule has 0 aromatic heterocycles. The van der Waals surface area contributed by atoms with Crippen molar-refractivity contribution in [3.05, 3.63) is 29.3 Å². The molecule has 29 heavy (non-hydrogen) atoms. The van der Waals surface area contributed by atoms with Crippen LogP contribution in [0.2, 0.25) is 0 Å². The average molecular weight is 419 g/mol. The molecule has 1 aromatic carbocycles. The van der Waals surface area contributed by atoms with Crippen LogP contribution in [0, 0.1) is 0 Å². The molecule has 0 bridgehead atoms. The Hall–Kier alpha value is -0.430. The van der Waals surface area contributed by atoms with E-state index in [4.69, 9.17) is 12.6 Å². The first-order chi connectivity index (χ1) is 14.3. The van der Waals surface area contributed by atoms with E-state index >= 15 is 0 Å². The molecule has 0 aliphatic carbocycles. The number of hydrogen-bond donors (Lipinski definition) is 1. The lowest BCUT2D eigenvalue weighted by atomic mass is 9.96. The molecular weight excluding hydrogens is 368 g/mol. The molecule has 0 unspecified atom stereocenters. The number of benzene rings is 1. The van der Waals surface area contributed by atoms with Crippen molar-refractivity contribution in [2.75, 3.05) is 0 Å². The van der Waals surface area contributed by atoms with Crippen LogP contribution in [-0.4, -0.2) is 0 Å². The van der Waals surface area contributed by atoms with Crippen LogP contribution >= 0.6 is 12.6 Å². The number of thiol groups is 1. The van der Waals surface area contributed by atoms with Gasteiger partial charge >= 0.3 is 0 Å². The Kier molecular flexibility index (Phi) is 17.9. The van der Waals surface area contributed by atoms with Crippen LogP contribution in [0.4, 0.5) is 0 Å². The van der Waals surface area contributed by atoms with Crippen LogP contribution in [0.1, 0.15) is 141 Å². The van der Waals surface area contributed by atoms with Gasteiger partial charge in [0.25, 0.3) is 0 Å². The van der Waals surface area contributed by atoms with Gasteiger partial charge in [0.2, 0.25) is 0 Å². The van der Waals surface area contributed by atoms with Gasteiger partial charge in [-0.3, -0.25) is 0 Å². The molecule has 0 spiro atoms. The maximum Gasteiger partial charge on any atom is 0.00747 e. The monoisotopic (exact) mass is 418 g/mol. The minimum atomic E-state index is 1.22. The van der Waals surface area contributed by atoms with Crippen molar-refractivity contribution >= 4 is 12.6 Å². The lowest BCUT2D eigenvalue weighted by molar-refractivity contribution is 0.560. The molecule has 0 heterocycles. The first-order valence-electron chi connectivity index (χ1n) is 13.1. The van der Waals surface area contributed by atoms with Gasteiger partial charge in [-0.25, -0.2) is 0 Å². The van der Waals surface area contributed by atoms with Crippen LogP contribution in [0.5, 0.6) is 0 Å². The van der Waals surface area contributed by atoms with Crippen LogP contribution in [0.25, 0.3) is 0 Å². The minimum Gasteiger partial charge on any atom is -0.143 e. The smallest absolute Gasteiger partial charge is 0.00747 e. The lowest BCUT2D eigenvalue weighted by Crippen LogP contribution is -1.97. The van der Waals surface area contributed by atoms with Gasteiger partial charge in [-0.2, -0.15) is 0 Å². The minimum absolute atomic E-state index is 1.22. The van der Waals surface area contributed by atoms with E-state index in [1.807, 2.05) is 0 Å². The Morgan fingerprint density at radius 2 is 0.931 bits per heavy atom. The summed E-state index contributed by atoms with van der Waals surface area (Å²) in [4.78, 5) is 1.22. The van der Waals surface area contributed by atoms with Crippen molar-refractivity contribution in [1.82, 2.24) is 0 Å². The summed E-state index contributed by atoms with van der Waals surface area (Å²) >= 11 is 4.78. The zero-order chi connectivity index (χ0) is 21.0. The van der Waals surface area contributed by atoms with Gasteiger partial charge in [-0.15, -0.1) is 12.6 Å². The topological polar surface area (TPSA) is 0 Å². The Balaban J connectivity index is 2.16. The highest BCUT2D eigenvalue weighted by molar-refractivity contribution is 7.80. The van der Waals surface area contributed by atoms with Crippen LogP contribution in [-0.2, 0) is 12.8 Å². The van der Waals surface area contributed by atoms with Crippen molar-refractivity contribution in [3.8, 4) is 0 Å². The summed E-state index contributed by atoms with van der Waals surface area (Å²) < 4.78 is 0. The van der Waals surface area contributed by atoms with E-state index in [1.54, 1.807) is 11.1 Å². The third-order valence-corrected chi connectivity index (χ3v) is 6.75. The summed E-state index contributed by atoms with van der Waals surface area (Å²) in [5.74, 6) is 0. The normalized spacial score (nSPS) is 11.3. The summed E-state index contributed by atoms with van der Waals surface area (Å²) in [6.07, 6.45) is 27.8. The van der Waals surface area contributed by atoms with Crippen molar-refractivity contribution in [1.29, 1.82) is 0 Å². The third kappa shape index (κ3) is 14.2. The standard InChI is InChI=1S/C28H50S/c1-3-5-7-9-11-13-15-17-19-22-26-23-21-25-28(29)27(26)24-20-18-16-14-12-10-8-6-4-2/h21,23,25,29H,3-20,22,24H2,1-2H3. The fourth-order valence-corrected chi connectivity index (χ4v) is 4.72. The number of hydrogen-bond acceptors (Lipinski definition) is 1. The van der Waals surface area contributed by atoms with Gasteiger partial charge in [-0.1, -0.05) is 129 Å². The molecule has 1 aromatic rings. The molecule has 0 N–H and O–H groups in total. The Labute approximate surface area is 189 Å². The zero-order valence-electron chi connectivity index (χ0n) is 19.8. The van der Waals surface area contributed by atoms with E-state index in [0.29, 0.717) is 0 Å². The molecule has 1 heteroatoms. The second kappa shape index (κ2) is 19.5. The van der Waals surface area contributed by atoms with Crippen molar-refractivity contribution in [2.45, 2.75) is 147 Å². The second-order valence-corrected chi connectivity index (χ2v) is 9.55. The third-order valence-electron chi connectivity index (χ3n) is 6.33. The van der Waals surface area contributed by atoms with E-state index in [0.717, 1.165) is 0 Å². The SMILES string of the molecule is CCCCCCCCCCCc1cccc(S)c1CCCCCCCCCCC. The first kappa shape index (κ1) is 26.6. The number of rotatable bonds is 20. The molecule has 1 rings (SSSR count).